The van der Waals surface area contributed by atoms with E-state index < -0.39 is 10.0 Å². The van der Waals surface area contributed by atoms with Crippen LogP contribution >= 0.6 is 12.4 Å². The molecule has 0 atom stereocenters. The number of benzene rings is 1. The second kappa shape index (κ2) is 9.54. The summed E-state index contributed by atoms with van der Waals surface area (Å²) in [6.45, 7) is 7.90. The van der Waals surface area contributed by atoms with Crippen molar-refractivity contribution in [2.75, 3.05) is 45.9 Å². The summed E-state index contributed by atoms with van der Waals surface area (Å²) in [7, 11) is -3.63. The van der Waals surface area contributed by atoms with Gasteiger partial charge in [-0.1, -0.05) is 13.0 Å². The number of aryl methyl sites for hydroxylation is 1. The van der Waals surface area contributed by atoms with Crippen LogP contribution in [-0.4, -0.2) is 64.6 Å². The molecule has 1 aromatic carbocycles. The van der Waals surface area contributed by atoms with E-state index in [4.69, 9.17) is 4.74 Å². The van der Waals surface area contributed by atoms with Crippen molar-refractivity contribution in [3.05, 3.63) is 29.3 Å². The van der Waals surface area contributed by atoms with E-state index in [9.17, 15) is 13.2 Å². The van der Waals surface area contributed by atoms with Gasteiger partial charge in [0.05, 0.1) is 18.1 Å². The van der Waals surface area contributed by atoms with E-state index in [-0.39, 0.29) is 28.6 Å². The maximum absolute atomic E-state index is 13.0. The molecule has 2 aliphatic rings. The van der Waals surface area contributed by atoms with E-state index in [2.05, 4.69) is 17.6 Å². The zero-order valence-corrected chi connectivity index (χ0v) is 18.1. The number of hydrogen-bond acceptors (Lipinski definition) is 5. The van der Waals surface area contributed by atoms with Gasteiger partial charge in [0.2, 0.25) is 10.0 Å². The highest BCUT2D eigenvalue weighted by Gasteiger charge is 2.30. The topological polar surface area (TPSA) is 87.7 Å². The quantitative estimate of drug-likeness (QED) is 0.738. The summed E-state index contributed by atoms with van der Waals surface area (Å²) in [6, 6.07) is 4.89. The van der Waals surface area contributed by atoms with Crippen LogP contribution in [0.3, 0.4) is 0 Å². The first-order chi connectivity index (χ1) is 12.8. The monoisotopic (exact) mass is 431 g/mol. The molecule has 1 amide bonds. The molecular weight excluding hydrogens is 402 g/mol. The SMILES string of the molecule is Cc1ccc(C(=O)NCC2(C)CCNCC2)cc1S(=O)(=O)N1CCOCC1.Cl. The van der Waals surface area contributed by atoms with Gasteiger partial charge in [-0.3, -0.25) is 4.79 Å². The van der Waals surface area contributed by atoms with Crippen molar-refractivity contribution in [3.8, 4) is 0 Å². The van der Waals surface area contributed by atoms with Crippen LogP contribution in [0.25, 0.3) is 0 Å². The molecular formula is C19H30ClN3O4S. The summed E-state index contributed by atoms with van der Waals surface area (Å²) in [5, 5.41) is 6.32. The number of hydrogen-bond donors (Lipinski definition) is 2. The Morgan fingerprint density at radius 3 is 2.54 bits per heavy atom. The maximum atomic E-state index is 13.0. The van der Waals surface area contributed by atoms with E-state index in [0.717, 1.165) is 25.9 Å². The number of sulfonamides is 1. The van der Waals surface area contributed by atoms with Gasteiger partial charge >= 0.3 is 0 Å². The molecule has 158 valence electrons. The molecule has 2 saturated heterocycles. The minimum Gasteiger partial charge on any atom is -0.379 e. The van der Waals surface area contributed by atoms with Crippen molar-refractivity contribution in [1.82, 2.24) is 14.9 Å². The van der Waals surface area contributed by atoms with E-state index in [1.54, 1.807) is 19.1 Å². The molecule has 0 bridgehead atoms. The molecule has 3 rings (SSSR count). The zero-order valence-electron chi connectivity index (χ0n) is 16.5. The smallest absolute Gasteiger partial charge is 0.251 e. The number of rotatable bonds is 5. The first-order valence-electron chi connectivity index (χ1n) is 9.49. The highest BCUT2D eigenvalue weighted by molar-refractivity contribution is 7.89. The lowest BCUT2D eigenvalue weighted by Crippen LogP contribution is -2.43. The first kappa shape index (κ1) is 23.1. The van der Waals surface area contributed by atoms with E-state index in [1.807, 2.05) is 0 Å². The molecule has 1 aromatic rings. The summed E-state index contributed by atoms with van der Waals surface area (Å²) in [5.41, 5.74) is 1.10. The molecule has 28 heavy (non-hydrogen) atoms. The molecule has 2 aliphatic heterocycles. The van der Waals surface area contributed by atoms with Crippen LogP contribution in [-0.2, 0) is 14.8 Å². The highest BCUT2D eigenvalue weighted by atomic mass is 35.5. The van der Waals surface area contributed by atoms with Crippen LogP contribution in [0.1, 0.15) is 35.7 Å². The summed E-state index contributed by atoms with van der Waals surface area (Å²) >= 11 is 0. The molecule has 0 saturated carbocycles. The van der Waals surface area contributed by atoms with Crippen LogP contribution in [0.5, 0.6) is 0 Å². The number of nitrogens with one attached hydrogen (secondary N) is 2. The predicted molar refractivity (Wildman–Crippen MR) is 111 cm³/mol. The van der Waals surface area contributed by atoms with Crippen molar-refractivity contribution in [3.63, 3.8) is 0 Å². The van der Waals surface area contributed by atoms with Crippen molar-refractivity contribution < 1.29 is 17.9 Å². The zero-order chi connectivity index (χ0) is 19.5. The Hall–Kier alpha value is -1.19. The van der Waals surface area contributed by atoms with Gasteiger partial charge in [0.15, 0.2) is 0 Å². The maximum Gasteiger partial charge on any atom is 0.251 e. The highest BCUT2D eigenvalue weighted by Crippen LogP contribution is 2.27. The van der Waals surface area contributed by atoms with Gasteiger partial charge in [0, 0.05) is 25.2 Å². The Labute approximate surface area is 173 Å². The van der Waals surface area contributed by atoms with Crippen LogP contribution in [0.4, 0.5) is 0 Å². The molecule has 9 heteroatoms. The number of nitrogens with zero attached hydrogens (tertiary/aromatic N) is 1. The predicted octanol–water partition coefficient (Wildman–Crippen LogP) is 1.56. The van der Waals surface area contributed by atoms with E-state index >= 15 is 0 Å². The molecule has 2 fully saturated rings. The third-order valence-electron chi connectivity index (χ3n) is 5.52. The van der Waals surface area contributed by atoms with Crippen LogP contribution in [0.2, 0.25) is 0 Å². The number of ether oxygens (including phenoxy) is 1. The van der Waals surface area contributed by atoms with Crippen molar-refractivity contribution >= 4 is 28.3 Å². The van der Waals surface area contributed by atoms with Gasteiger partial charge in [-0.2, -0.15) is 4.31 Å². The third-order valence-corrected chi connectivity index (χ3v) is 7.57. The summed E-state index contributed by atoms with van der Waals surface area (Å²) < 4.78 is 32.6. The largest absolute Gasteiger partial charge is 0.379 e. The Kier molecular flexibility index (Phi) is 7.87. The van der Waals surface area contributed by atoms with Gasteiger partial charge < -0.3 is 15.4 Å². The number of piperidine rings is 1. The van der Waals surface area contributed by atoms with Gasteiger partial charge in [-0.15, -0.1) is 12.4 Å². The van der Waals surface area contributed by atoms with E-state index in [0.29, 0.717) is 44.0 Å². The first-order valence-corrected chi connectivity index (χ1v) is 10.9. The average molecular weight is 432 g/mol. The molecule has 0 spiro atoms. The Balaban J connectivity index is 0.00000280. The molecule has 0 unspecified atom stereocenters. The number of morpholine rings is 1. The van der Waals surface area contributed by atoms with E-state index in [1.165, 1.54) is 10.4 Å². The van der Waals surface area contributed by atoms with Crippen molar-refractivity contribution in [2.24, 2.45) is 5.41 Å². The second-order valence-electron chi connectivity index (χ2n) is 7.74. The molecule has 2 heterocycles. The molecule has 7 nitrogen and oxygen atoms in total. The minimum absolute atomic E-state index is 0. The second-order valence-corrected chi connectivity index (χ2v) is 9.65. The summed E-state index contributed by atoms with van der Waals surface area (Å²) in [4.78, 5) is 12.8. The minimum atomic E-state index is -3.63. The van der Waals surface area contributed by atoms with Crippen LogP contribution in [0, 0.1) is 12.3 Å². The molecule has 2 N–H and O–H groups in total. The fraction of sp³-hybridized carbons (Fsp3) is 0.632. The third kappa shape index (κ3) is 5.24. The Bertz CT molecular complexity index is 788. The lowest BCUT2D eigenvalue weighted by atomic mass is 9.81. The number of carbonyl (C=O) groups is 1. The fourth-order valence-electron chi connectivity index (χ4n) is 3.55. The van der Waals surface area contributed by atoms with Crippen molar-refractivity contribution in [1.29, 1.82) is 0 Å². The number of amides is 1. The van der Waals surface area contributed by atoms with Gasteiger partial charge in [-0.05, 0) is 56.0 Å². The molecule has 0 aliphatic carbocycles. The average Bonchev–Trinajstić information content (AvgIpc) is 2.67. The normalized spacial score (nSPS) is 20.2. The molecule has 0 radical (unpaired) electrons. The summed E-state index contributed by atoms with van der Waals surface area (Å²) in [5.74, 6) is -0.229. The molecule has 0 aromatic heterocycles. The van der Waals surface area contributed by atoms with Gasteiger partial charge in [0.1, 0.15) is 0 Å². The van der Waals surface area contributed by atoms with Gasteiger partial charge in [0.25, 0.3) is 5.91 Å². The lowest BCUT2D eigenvalue weighted by molar-refractivity contribution is 0.0730. The van der Waals surface area contributed by atoms with Crippen LogP contribution < -0.4 is 10.6 Å². The number of halogens is 1. The Morgan fingerprint density at radius 1 is 1.25 bits per heavy atom. The standard InChI is InChI=1S/C19H29N3O4S.ClH/c1-15-3-4-16(18(23)21-14-19(2)5-7-20-8-6-19)13-17(15)27(24,25)22-9-11-26-12-10-22;/h3-4,13,20H,5-12,14H2,1-2H3,(H,21,23);1H. The summed E-state index contributed by atoms with van der Waals surface area (Å²) in [6.07, 6.45) is 2.02. The van der Waals surface area contributed by atoms with Crippen LogP contribution in [0.15, 0.2) is 23.1 Å². The fourth-order valence-corrected chi connectivity index (χ4v) is 5.21. The lowest BCUT2D eigenvalue weighted by Gasteiger charge is -2.34. The number of carbonyl (C=O) groups excluding carboxylic acids is 1. The van der Waals surface area contributed by atoms with Gasteiger partial charge in [-0.25, -0.2) is 8.42 Å². The Morgan fingerprint density at radius 2 is 1.89 bits per heavy atom. The van der Waals surface area contributed by atoms with Crippen molar-refractivity contribution in [2.45, 2.75) is 31.6 Å².